The van der Waals surface area contributed by atoms with Gasteiger partial charge in [-0.3, -0.25) is 24.1 Å². The summed E-state index contributed by atoms with van der Waals surface area (Å²) in [6.07, 6.45) is 1.78. The zero-order valence-electron chi connectivity index (χ0n) is 31.6. The van der Waals surface area contributed by atoms with Crippen molar-refractivity contribution in [1.82, 2.24) is 25.1 Å². The minimum Gasteiger partial charge on any atom is -0.455 e. The first-order chi connectivity index (χ1) is 25.0. The monoisotopic (exact) mass is 781 g/mol. The number of hydrogen-bond donors (Lipinski definition) is 1. The first kappa shape index (κ1) is 41.3. The van der Waals surface area contributed by atoms with Gasteiger partial charge in [-0.15, -0.1) is 22.7 Å². The summed E-state index contributed by atoms with van der Waals surface area (Å²) in [7, 11) is 1.77. The van der Waals surface area contributed by atoms with Gasteiger partial charge in [-0.25, -0.2) is 9.97 Å². The molecule has 2 bridgehead atoms. The molecule has 0 aromatic carbocycles. The number of alkyl halides is 3. The Labute approximate surface area is 318 Å². The van der Waals surface area contributed by atoms with Crippen molar-refractivity contribution in [2.45, 2.75) is 129 Å². The van der Waals surface area contributed by atoms with E-state index in [2.05, 4.69) is 20.2 Å². The molecule has 10 nitrogen and oxygen atoms in total. The number of carbonyl (C=O) groups excluding carboxylic acids is 4. The Bertz CT molecular complexity index is 1580. The van der Waals surface area contributed by atoms with Crippen LogP contribution in [0.15, 0.2) is 10.8 Å². The lowest BCUT2D eigenvalue weighted by Crippen LogP contribution is -2.53. The Kier molecular flexibility index (Phi) is 13.8. The number of fused-ring (bicyclic) bond motifs is 3. The minimum absolute atomic E-state index is 0.0253. The van der Waals surface area contributed by atoms with Gasteiger partial charge in [-0.2, -0.15) is 13.2 Å². The highest BCUT2D eigenvalue weighted by Crippen LogP contribution is 2.39. The second-order valence-corrected chi connectivity index (χ2v) is 17.9. The van der Waals surface area contributed by atoms with Crippen molar-refractivity contribution >= 4 is 46.2 Å². The van der Waals surface area contributed by atoms with E-state index >= 15 is 0 Å². The molecule has 0 spiro atoms. The number of esters is 1. The van der Waals surface area contributed by atoms with Crippen LogP contribution in [0.5, 0.6) is 0 Å². The molecule has 2 amide bonds. The predicted octanol–water partition coefficient (Wildman–Crippen LogP) is 7.34. The van der Waals surface area contributed by atoms with E-state index in [1.54, 1.807) is 17.3 Å². The van der Waals surface area contributed by atoms with E-state index in [0.29, 0.717) is 29.7 Å². The van der Waals surface area contributed by atoms with Crippen molar-refractivity contribution in [1.29, 1.82) is 0 Å². The van der Waals surface area contributed by atoms with Crippen LogP contribution in [0.1, 0.15) is 125 Å². The first-order valence-electron chi connectivity index (χ1n) is 19.0. The number of nitrogens with one attached hydrogen (secondary N) is 1. The number of aromatic nitrogens is 2. The average Bonchev–Trinajstić information content (AvgIpc) is 3.54. The molecule has 2 aromatic rings. The van der Waals surface area contributed by atoms with E-state index in [0.717, 1.165) is 61.9 Å². The molecular formula is C38H54F3N5O5S2. The van der Waals surface area contributed by atoms with Crippen molar-refractivity contribution in [3.05, 3.63) is 32.2 Å². The summed E-state index contributed by atoms with van der Waals surface area (Å²) in [6.45, 7) is 11.1. The van der Waals surface area contributed by atoms with Gasteiger partial charge < -0.3 is 15.0 Å². The summed E-state index contributed by atoms with van der Waals surface area (Å²) in [4.78, 5) is 66.0. The number of nitrogens with zero attached hydrogens (tertiary/aromatic N) is 4. The van der Waals surface area contributed by atoms with Crippen LogP contribution >= 0.6 is 22.7 Å². The van der Waals surface area contributed by atoms with Crippen molar-refractivity contribution in [3.63, 3.8) is 0 Å². The molecule has 53 heavy (non-hydrogen) atoms. The molecule has 1 saturated carbocycles. The smallest absolute Gasteiger partial charge is 0.434 e. The molecule has 2 aromatic heterocycles. The van der Waals surface area contributed by atoms with Crippen molar-refractivity contribution in [2.75, 3.05) is 20.1 Å². The van der Waals surface area contributed by atoms with E-state index in [1.807, 2.05) is 27.7 Å². The number of rotatable bonds is 18. The largest absolute Gasteiger partial charge is 0.455 e. The Balaban J connectivity index is 1.27. The number of ether oxygens (including phenoxy) is 1. The van der Waals surface area contributed by atoms with E-state index < -0.39 is 41.8 Å². The van der Waals surface area contributed by atoms with Crippen LogP contribution in [-0.4, -0.2) is 81.6 Å². The number of hydrogen-bond acceptors (Lipinski definition) is 10. The van der Waals surface area contributed by atoms with E-state index in [-0.39, 0.29) is 65.6 Å². The lowest BCUT2D eigenvalue weighted by molar-refractivity contribution is -0.149. The lowest BCUT2D eigenvalue weighted by Gasteiger charge is -2.45. The molecule has 1 aliphatic carbocycles. The molecule has 1 N–H and O–H groups in total. The number of amides is 2. The molecule has 0 unspecified atom stereocenters. The Morgan fingerprint density at radius 2 is 1.72 bits per heavy atom. The van der Waals surface area contributed by atoms with Gasteiger partial charge >= 0.3 is 12.1 Å². The minimum atomic E-state index is -4.54. The van der Waals surface area contributed by atoms with Crippen molar-refractivity contribution in [2.24, 2.45) is 29.6 Å². The highest BCUT2D eigenvalue weighted by molar-refractivity contribution is 7.10. The topological polar surface area (TPSA) is 122 Å². The van der Waals surface area contributed by atoms with Gasteiger partial charge in [0.25, 0.3) is 5.91 Å². The van der Waals surface area contributed by atoms with Crippen LogP contribution < -0.4 is 5.32 Å². The normalized spacial score (nSPS) is 22.4. The Hall–Kier alpha value is -2.91. The molecule has 4 aliphatic rings. The summed E-state index contributed by atoms with van der Waals surface area (Å²) >= 11 is 2.08. The summed E-state index contributed by atoms with van der Waals surface area (Å²) in [5, 5.41) is 6.16. The van der Waals surface area contributed by atoms with Gasteiger partial charge in [-0.05, 0) is 68.9 Å². The van der Waals surface area contributed by atoms with Crippen LogP contribution in [-0.2, 0) is 31.7 Å². The second kappa shape index (κ2) is 17.7. The number of halogens is 3. The lowest BCUT2D eigenvalue weighted by atomic mass is 9.79. The molecule has 0 radical (unpaired) electrons. The van der Waals surface area contributed by atoms with Gasteiger partial charge in [0.2, 0.25) is 5.91 Å². The van der Waals surface area contributed by atoms with Gasteiger partial charge in [-0.1, -0.05) is 40.5 Å². The molecule has 6 rings (SSSR count). The number of carbonyl (C=O) groups is 4. The van der Waals surface area contributed by atoms with Crippen LogP contribution in [0.25, 0.3) is 0 Å². The van der Waals surface area contributed by atoms with Crippen molar-refractivity contribution in [3.8, 4) is 0 Å². The third kappa shape index (κ3) is 11.3. The number of thiazole rings is 2. The summed E-state index contributed by atoms with van der Waals surface area (Å²) in [5.41, 5.74) is -0.845. The Morgan fingerprint density at radius 3 is 2.26 bits per heavy atom. The fourth-order valence-electron chi connectivity index (χ4n) is 7.96. The number of Topliss-reactive ketones (excluding diaryl/α,β-unsaturated/α-hetero) is 1. The van der Waals surface area contributed by atoms with Crippen LogP contribution in [0, 0.1) is 29.6 Å². The zero-order valence-corrected chi connectivity index (χ0v) is 33.2. The quantitative estimate of drug-likeness (QED) is 0.156. The summed E-state index contributed by atoms with van der Waals surface area (Å²) in [5.74, 6) is -0.154. The molecule has 15 heteroatoms. The Morgan fingerprint density at radius 1 is 1.02 bits per heavy atom. The molecule has 5 atom stereocenters. The standard InChI is InChI=1S/C38H54F3N5O5S2/c1-21(2)13-27(17-34-44-33(20-52-34)38(39,40)41)42-35(49)28-19-53-36(43-28)32(51-23(5)47)18-29(22(3)4)45(6)37(50)26(14-24-7-8-24)16-31(48)30-15-25-9-11-46(30)12-10-25/h19-22,24-27,29-30,32H,7-18H2,1-6H3,(H,42,49)/t26-,27-,29-,30-,32-/m1/s1. The number of ketones is 1. The van der Waals surface area contributed by atoms with E-state index in [4.69, 9.17) is 4.74 Å². The van der Waals surface area contributed by atoms with E-state index in [9.17, 15) is 32.3 Å². The third-order valence-electron chi connectivity index (χ3n) is 10.9. The molecular weight excluding hydrogens is 728 g/mol. The average molecular weight is 782 g/mol. The van der Waals surface area contributed by atoms with E-state index in [1.165, 1.54) is 18.3 Å². The van der Waals surface area contributed by atoms with Gasteiger partial charge in [0.15, 0.2) is 17.6 Å². The van der Waals surface area contributed by atoms with Gasteiger partial charge in [0.1, 0.15) is 10.7 Å². The molecule has 294 valence electrons. The highest BCUT2D eigenvalue weighted by Gasteiger charge is 2.41. The first-order valence-corrected chi connectivity index (χ1v) is 20.7. The molecule has 3 saturated heterocycles. The van der Waals surface area contributed by atoms with Crippen LogP contribution in [0.2, 0.25) is 0 Å². The maximum absolute atomic E-state index is 14.3. The SMILES string of the molecule is CC(=O)O[C@H](C[C@H](C(C)C)N(C)C(=O)[C@@H](CC(=O)[C@H]1CC2CCN1CC2)CC1CC1)c1nc(C(=O)N[C@@H](Cc2nc(C(F)(F)F)cs2)CC(C)C)cs1. The van der Waals surface area contributed by atoms with Crippen LogP contribution in [0.4, 0.5) is 13.2 Å². The molecule has 5 heterocycles. The molecule has 3 aliphatic heterocycles. The van der Waals surface area contributed by atoms with Crippen LogP contribution in [0.3, 0.4) is 0 Å². The summed E-state index contributed by atoms with van der Waals surface area (Å²) < 4.78 is 45.2. The maximum Gasteiger partial charge on any atom is 0.434 e. The highest BCUT2D eigenvalue weighted by atomic mass is 32.1. The summed E-state index contributed by atoms with van der Waals surface area (Å²) in [6, 6.07) is -0.923. The zero-order chi connectivity index (χ0) is 38.6. The van der Waals surface area contributed by atoms with Crippen molar-refractivity contribution < 1.29 is 37.1 Å². The van der Waals surface area contributed by atoms with Gasteiger partial charge in [0, 0.05) is 62.0 Å². The number of piperidine rings is 3. The second-order valence-electron chi connectivity index (χ2n) is 16.1. The predicted molar refractivity (Wildman–Crippen MR) is 197 cm³/mol. The molecule has 4 fully saturated rings. The fourth-order valence-corrected chi connectivity index (χ4v) is 9.68. The van der Waals surface area contributed by atoms with Gasteiger partial charge in [0.05, 0.1) is 11.0 Å². The maximum atomic E-state index is 14.3. The fraction of sp³-hybridized carbons (Fsp3) is 0.737. The third-order valence-corrected chi connectivity index (χ3v) is 12.7.